The van der Waals surface area contributed by atoms with E-state index in [0.717, 1.165) is 74.5 Å². The number of aromatic nitrogens is 2. The first-order valence-electron chi connectivity index (χ1n) is 26.7. The molecule has 2 unspecified atom stereocenters. The number of ether oxygens (including phenoxy) is 3. The number of nitrogen functional groups attached to an aromatic ring is 1. The number of aliphatic hydroxyl groups excluding tert-OH is 2. The minimum Gasteiger partial charge on any atom is -0.462 e. The SMILES string of the molecule is CCCCC/C=C\C=C\C(=O)CCCCCCCC(=O)O[C@H](COC(=O)CCCCCCCCCCCCCCCCCC(C)C)COP(=O)(O)OP(=O)(O)OC[C@H]1O[C@@H](n2ccc(N)nc2=O)[C@H](O)[C@@H]1O. The Balaban J connectivity index is 1.79. The predicted octanol–water partition coefficient (Wildman–Crippen LogP) is 10.4. The number of anilines is 1. The molecule has 0 spiro atoms. The van der Waals surface area contributed by atoms with Gasteiger partial charge in [0.05, 0.1) is 13.2 Å². The van der Waals surface area contributed by atoms with Crippen LogP contribution in [0, 0.1) is 5.92 Å². The molecule has 1 saturated heterocycles. The molecule has 1 aromatic rings. The van der Waals surface area contributed by atoms with Crippen LogP contribution in [0.5, 0.6) is 0 Å². The number of carbonyl (C=O) groups excluding carboxylic acids is 3. The molecule has 1 aromatic heterocycles. The number of nitrogens with zero attached hydrogens (tertiary/aromatic N) is 2. The highest BCUT2D eigenvalue weighted by molar-refractivity contribution is 7.61. The number of ketones is 1. The standard InChI is InChI=1S/C51H89N3O16P2/c1-4-5-6-7-17-22-27-32-42(55)33-28-23-20-25-30-35-47(57)68-43(38-65-46(56)34-29-24-19-16-14-12-10-8-9-11-13-15-18-21-26-31-41(2)3)39-66-71(61,62)70-72(63,64)67-40-44-48(58)49(59)50(69-44)54-37-36-45(52)53-51(54)60/h17,22,27,32,36-37,41,43-44,48-50,58-59H,4-16,18-21,23-26,28-31,33-35,38-40H2,1-3H3,(H,61,62)(H,63,64)(H2,52,53,60)/b22-17-,32-27+/t43-,44-,48-,49-,50-/m1/s1. The van der Waals surface area contributed by atoms with E-state index in [1.165, 1.54) is 83.1 Å². The smallest absolute Gasteiger partial charge is 0.462 e. The number of phosphoric acid groups is 2. The molecule has 2 heterocycles. The van der Waals surface area contributed by atoms with Crippen molar-refractivity contribution in [1.29, 1.82) is 0 Å². The molecule has 0 bridgehead atoms. The molecular weight excluding hydrogens is 973 g/mol. The van der Waals surface area contributed by atoms with E-state index in [0.29, 0.717) is 32.1 Å². The highest BCUT2D eigenvalue weighted by Crippen LogP contribution is 2.60. The van der Waals surface area contributed by atoms with Crippen molar-refractivity contribution in [2.24, 2.45) is 5.92 Å². The molecule has 0 amide bonds. The third-order valence-electron chi connectivity index (χ3n) is 12.2. The first-order valence-corrected chi connectivity index (χ1v) is 29.7. The van der Waals surface area contributed by atoms with Crippen molar-refractivity contribution < 1.29 is 71.1 Å². The number of rotatable bonds is 44. The van der Waals surface area contributed by atoms with Gasteiger partial charge in [-0.1, -0.05) is 167 Å². The number of allylic oxidation sites excluding steroid dienone is 4. The molecule has 7 atom stereocenters. The summed E-state index contributed by atoms with van der Waals surface area (Å²) >= 11 is 0. The van der Waals surface area contributed by atoms with Crippen LogP contribution in [-0.2, 0) is 51.1 Å². The quantitative estimate of drug-likeness (QED) is 0.0133. The lowest BCUT2D eigenvalue weighted by molar-refractivity contribution is -0.161. The molecule has 6 N–H and O–H groups in total. The zero-order chi connectivity index (χ0) is 53.0. The van der Waals surface area contributed by atoms with Crippen molar-refractivity contribution in [3.8, 4) is 0 Å². The average Bonchev–Trinajstić information content (AvgIpc) is 3.60. The van der Waals surface area contributed by atoms with Crippen LogP contribution in [0.2, 0.25) is 0 Å². The lowest BCUT2D eigenvalue weighted by Gasteiger charge is -2.21. The molecule has 19 nitrogen and oxygen atoms in total. The van der Waals surface area contributed by atoms with Gasteiger partial charge in [-0.15, -0.1) is 0 Å². The van der Waals surface area contributed by atoms with Crippen molar-refractivity contribution in [2.45, 2.75) is 231 Å². The highest BCUT2D eigenvalue weighted by Gasteiger charge is 2.46. The lowest BCUT2D eigenvalue weighted by atomic mass is 10.0. The van der Waals surface area contributed by atoms with Crippen LogP contribution in [0.25, 0.3) is 0 Å². The number of esters is 2. The van der Waals surface area contributed by atoms with Crippen LogP contribution >= 0.6 is 15.6 Å². The summed E-state index contributed by atoms with van der Waals surface area (Å²) in [7, 11) is -10.9. The Morgan fingerprint density at radius 2 is 1.28 bits per heavy atom. The minimum atomic E-state index is -5.45. The van der Waals surface area contributed by atoms with Crippen molar-refractivity contribution in [1.82, 2.24) is 9.55 Å². The fourth-order valence-corrected chi connectivity index (χ4v) is 10.1. The summed E-state index contributed by atoms with van der Waals surface area (Å²) in [6, 6.07) is 1.24. The monoisotopic (exact) mass is 1060 g/mol. The molecule has 0 saturated carbocycles. The van der Waals surface area contributed by atoms with E-state index in [2.05, 4.69) is 36.1 Å². The van der Waals surface area contributed by atoms with Crippen molar-refractivity contribution in [3.05, 3.63) is 47.1 Å². The van der Waals surface area contributed by atoms with Crippen molar-refractivity contribution >= 4 is 39.2 Å². The number of phosphoric ester groups is 2. The molecule has 1 aliphatic rings. The Hall–Kier alpha value is -3.09. The fourth-order valence-electron chi connectivity index (χ4n) is 8.01. The second kappa shape index (κ2) is 38.5. The number of unbranched alkanes of at least 4 members (excludes halogenated alkanes) is 21. The Bertz CT molecular complexity index is 1880. The molecular formula is C51H89N3O16P2. The van der Waals surface area contributed by atoms with Crippen LogP contribution in [0.3, 0.4) is 0 Å². The van der Waals surface area contributed by atoms with Gasteiger partial charge in [-0.25, -0.2) is 13.9 Å². The summed E-state index contributed by atoms with van der Waals surface area (Å²) in [6.45, 7) is 4.34. The summed E-state index contributed by atoms with van der Waals surface area (Å²) in [6.07, 6.45) is 27.9. The van der Waals surface area contributed by atoms with Crippen molar-refractivity contribution in [2.75, 3.05) is 25.6 Å². The predicted molar refractivity (Wildman–Crippen MR) is 275 cm³/mol. The minimum absolute atomic E-state index is 0.0312. The van der Waals surface area contributed by atoms with Gasteiger partial charge in [0.25, 0.3) is 0 Å². The maximum atomic E-state index is 12.9. The van der Waals surface area contributed by atoms with Crippen LogP contribution in [0.15, 0.2) is 41.4 Å². The molecule has 21 heteroatoms. The molecule has 72 heavy (non-hydrogen) atoms. The van der Waals surface area contributed by atoms with Gasteiger partial charge >= 0.3 is 33.3 Å². The van der Waals surface area contributed by atoms with Crippen LogP contribution in [0.1, 0.15) is 207 Å². The summed E-state index contributed by atoms with van der Waals surface area (Å²) < 4.78 is 56.8. The number of carbonyl (C=O) groups is 3. The number of hydrogen-bond donors (Lipinski definition) is 5. The van der Waals surface area contributed by atoms with Gasteiger partial charge in [0.1, 0.15) is 30.7 Å². The Morgan fingerprint density at radius 3 is 1.85 bits per heavy atom. The maximum Gasteiger partial charge on any atom is 0.481 e. The zero-order valence-corrected chi connectivity index (χ0v) is 45.2. The topological polar surface area (TPSA) is 283 Å². The van der Waals surface area contributed by atoms with Crippen LogP contribution in [-0.4, -0.2) is 91.5 Å². The maximum absolute atomic E-state index is 12.9. The molecule has 1 fully saturated rings. The third kappa shape index (κ3) is 31.6. The summed E-state index contributed by atoms with van der Waals surface area (Å²) in [5.74, 6) is -0.537. The van der Waals surface area contributed by atoms with Gasteiger partial charge < -0.3 is 39.9 Å². The Morgan fingerprint density at radius 1 is 0.736 bits per heavy atom. The van der Waals surface area contributed by atoms with Crippen molar-refractivity contribution in [3.63, 3.8) is 0 Å². The first kappa shape index (κ1) is 65.0. The Kier molecular flexibility index (Phi) is 34.7. The molecule has 414 valence electrons. The van der Waals surface area contributed by atoms with Gasteiger partial charge in [-0.3, -0.25) is 28.0 Å². The molecule has 2 rings (SSSR count). The molecule has 0 aliphatic carbocycles. The second-order valence-electron chi connectivity index (χ2n) is 19.2. The van der Waals surface area contributed by atoms with E-state index >= 15 is 0 Å². The summed E-state index contributed by atoms with van der Waals surface area (Å²) in [5.41, 5.74) is 4.58. The second-order valence-corrected chi connectivity index (χ2v) is 22.3. The average molecular weight is 1060 g/mol. The van der Waals surface area contributed by atoms with E-state index in [1.807, 2.05) is 6.08 Å². The fraction of sp³-hybridized carbons (Fsp3) is 0.784. The third-order valence-corrected chi connectivity index (χ3v) is 14.8. The number of aliphatic hydroxyl groups is 2. The van der Waals surface area contributed by atoms with Gasteiger partial charge in [0, 0.05) is 25.5 Å². The molecule has 0 radical (unpaired) electrons. The van der Waals surface area contributed by atoms with Crippen LogP contribution < -0.4 is 11.4 Å². The summed E-state index contributed by atoms with van der Waals surface area (Å²) in [4.78, 5) is 74.1. The first-order chi connectivity index (χ1) is 34.4. The van der Waals surface area contributed by atoms with Gasteiger partial charge in [-0.2, -0.15) is 9.29 Å². The van der Waals surface area contributed by atoms with E-state index < -0.39 is 83.7 Å². The summed E-state index contributed by atoms with van der Waals surface area (Å²) in [5, 5.41) is 20.9. The van der Waals surface area contributed by atoms with Gasteiger partial charge in [0.2, 0.25) is 0 Å². The van der Waals surface area contributed by atoms with E-state index in [1.54, 1.807) is 12.2 Å². The Labute approximate surface area is 428 Å². The van der Waals surface area contributed by atoms with E-state index in [4.69, 9.17) is 29.0 Å². The lowest BCUT2D eigenvalue weighted by Crippen LogP contribution is -2.36. The van der Waals surface area contributed by atoms with E-state index in [9.17, 15) is 48.3 Å². The van der Waals surface area contributed by atoms with Gasteiger partial charge in [-0.05, 0) is 50.2 Å². The van der Waals surface area contributed by atoms with E-state index in [-0.39, 0.29) is 24.4 Å². The van der Waals surface area contributed by atoms with Crippen LogP contribution in [0.4, 0.5) is 5.82 Å². The number of nitrogens with two attached hydrogens (primary N) is 1. The highest BCUT2D eigenvalue weighted by atomic mass is 31.3. The molecule has 0 aromatic carbocycles. The largest absolute Gasteiger partial charge is 0.481 e. The molecule has 1 aliphatic heterocycles. The van der Waals surface area contributed by atoms with Gasteiger partial charge in [0.15, 0.2) is 18.1 Å². The number of hydrogen-bond acceptors (Lipinski definition) is 16. The zero-order valence-electron chi connectivity index (χ0n) is 43.4. The normalized spacial score (nSPS) is 19.2.